The molecule has 0 radical (unpaired) electrons. The molecule has 0 amide bonds. The van der Waals surface area contributed by atoms with Gasteiger partial charge in [0.15, 0.2) is 0 Å². The number of ether oxygens (including phenoxy) is 1. The SMILES string of the molecule is COC(=O)c1cc(C)c(C)cc1C(F)(F)F. The largest absolute Gasteiger partial charge is 0.465 e. The van der Waals surface area contributed by atoms with Gasteiger partial charge in [0.25, 0.3) is 0 Å². The van der Waals surface area contributed by atoms with Crippen molar-refractivity contribution in [1.82, 2.24) is 0 Å². The monoisotopic (exact) mass is 232 g/mol. The van der Waals surface area contributed by atoms with Gasteiger partial charge in [-0.2, -0.15) is 13.2 Å². The Morgan fingerprint density at radius 2 is 1.69 bits per heavy atom. The van der Waals surface area contributed by atoms with E-state index in [0.717, 1.165) is 13.2 Å². The van der Waals surface area contributed by atoms with Crippen LogP contribution in [-0.2, 0) is 10.9 Å². The van der Waals surface area contributed by atoms with Gasteiger partial charge in [0.1, 0.15) is 0 Å². The second-order valence-electron chi connectivity index (χ2n) is 3.47. The molecule has 0 spiro atoms. The highest BCUT2D eigenvalue weighted by Crippen LogP contribution is 2.33. The number of methoxy groups -OCH3 is 1. The van der Waals surface area contributed by atoms with Crippen molar-refractivity contribution >= 4 is 5.97 Å². The quantitative estimate of drug-likeness (QED) is 0.695. The molecule has 88 valence electrons. The fourth-order valence-corrected chi connectivity index (χ4v) is 1.33. The Bertz CT molecular complexity index is 422. The predicted octanol–water partition coefficient (Wildman–Crippen LogP) is 3.11. The molecule has 0 N–H and O–H groups in total. The second-order valence-corrected chi connectivity index (χ2v) is 3.47. The van der Waals surface area contributed by atoms with Gasteiger partial charge in [-0.1, -0.05) is 0 Å². The van der Waals surface area contributed by atoms with Crippen LogP contribution in [0.4, 0.5) is 13.2 Å². The molecule has 0 unspecified atom stereocenters. The topological polar surface area (TPSA) is 26.3 Å². The first-order valence-corrected chi connectivity index (χ1v) is 4.54. The van der Waals surface area contributed by atoms with E-state index < -0.39 is 23.3 Å². The van der Waals surface area contributed by atoms with Crippen LogP contribution in [0.15, 0.2) is 12.1 Å². The fourth-order valence-electron chi connectivity index (χ4n) is 1.33. The zero-order chi connectivity index (χ0) is 12.5. The number of halogens is 3. The molecule has 1 aromatic carbocycles. The van der Waals surface area contributed by atoms with Crippen molar-refractivity contribution in [1.29, 1.82) is 0 Å². The van der Waals surface area contributed by atoms with Crippen molar-refractivity contribution in [2.45, 2.75) is 20.0 Å². The van der Waals surface area contributed by atoms with Crippen molar-refractivity contribution < 1.29 is 22.7 Å². The molecule has 0 saturated carbocycles. The van der Waals surface area contributed by atoms with Crippen molar-refractivity contribution in [3.8, 4) is 0 Å². The lowest BCUT2D eigenvalue weighted by Crippen LogP contribution is -2.15. The van der Waals surface area contributed by atoms with E-state index in [0.29, 0.717) is 11.1 Å². The third-order valence-electron chi connectivity index (χ3n) is 2.34. The first-order chi connectivity index (χ1) is 7.27. The molecule has 1 aromatic rings. The van der Waals surface area contributed by atoms with Crippen molar-refractivity contribution in [3.63, 3.8) is 0 Å². The first kappa shape index (κ1) is 12.5. The Balaban J connectivity index is 3.45. The highest BCUT2D eigenvalue weighted by Gasteiger charge is 2.35. The molecular formula is C11H11F3O2. The maximum Gasteiger partial charge on any atom is 0.417 e. The zero-order valence-electron chi connectivity index (χ0n) is 9.11. The molecule has 0 atom stereocenters. The van der Waals surface area contributed by atoms with Gasteiger partial charge in [0, 0.05) is 0 Å². The minimum absolute atomic E-state index is 0.446. The summed E-state index contributed by atoms with van der Waals surface area (Å²) in [6.07, 6.45) is -4.55. The number of carbonyl (C=O) groups excluding carboxylic acids is 1. The fraction of sp³-hybridized carbons (Fsp3) is 0.364. The maximum atomic E-state index is 12.6. The molecule has 2 nitrogen and oxygen atoms in total. The molecule has 0 fully saturated rings. The number of alkyl halides is 3. The van der Waals surface area contributed by atoms with E-state index in [1.165, 1.54) is 6.07 Å². The van der Waals surface area contributed by atoms with Gasteiger partial charge in [-0.3, -0.25) is 0 Å². The average molecular weight is 232 g/mol. The Kier molecular flexibility index (Phi) is 3.26. The summed E-state index contributed by atoms with van der Waals surface area (Å²) in [7, 11) is 1.05. The van der Waals surface area contributed by atoms with E-state index in [1.54, 1.807) is 13.8 Å². The Labute approximate surface area is 91.0 Å². The minimum Gasteiger partial charge on any atom is -0.465 e. The molecule has 0 aliphatic rings. The molecule has 0 bridgehead atoms. The van der Waals surface area contributed by atoms with Crippen LogP contribution in [0.3, 0.4) is 0 Å². The predicted molar refractivity (Wildman–Crippen MR) is 52.3 cm³/mol. The van der Waals surface area contributed by atoms with Gasteiger partial charge >= 0.3 is 12.1 Å². The molecule has 0 saturated heterocycles. The molecule has 16 heavy (non-hydrogen) atoms. The summed E-state index contributed by atoms with van der Waals surface area (Å²) in [5.41, 5.74) is -0.297. The number of hydrogen-bond donors (Lipinski definition) is 0. The average Bonchev–Trinajstić information content (AvgIpc) is 2.18. The Morgan fingerprint density at radius 1 is 1.19 bits per heavy atom. The second kappa shape index (κ2) is 4.15. The standard InChI is InChI=1S/C11H11F3O2/c1-6-4-8(10(15)16-3)9(5-7(6)2)11(12,13)14/h4-5H,1-3H3. The smallest absolute Gasteiger partial charge is 0.417 e. The van der Waals surface area contributed by atoms with Gasteiger partial charge in [0.2, 0.25) is 0 Å². The van der Waals surface area contributed by atoms with Crippen LogP contribution in [0.2, 0.25) is 0 Å². The van der Waals surface area contributed by atoms with E-state index in [4.69, 9.17) is 0 Å². The van der Waals surface area contributed by atoms with Gasteiger partial charge in [-0.05, 0) is 37.1 Å². The van der Waals surface area contributed by atoms with Crippen LogP contribution in [0.5, 0.6) is 0 Å². The van der Waals surface area contributed by atoms with Crippen LogP contribution >= 0.6 is 0 Å². The van der Waals surface area contributed by atoms with Crippen molar-refractivity contribution in [2.75, 3.05) is 7.11 Å². The third-order valence-corrected chi connectivity index (χ3v) is 2.34. The third kappa shape index (κ3) is 2.35. The van der Waals surface area contributed by atoms with Gasteiger partial charge < -0.3 is 4.74 Å². The Hall–Kier alpha value is -1.52. The van der Waals surface area contributed by atoms with E-state index in [1.807, 2.05) is 0 Å². The summed E-state index contributed by atoms with van der Waals surface area (Å²) in [6.45, 7) is 3.20. The lowest BCUT2D eigenvalue weighted by atomic mass is 9.99. The summed E-state index contributed by atoms with van der Waals surface area (Å²) < 4.78 is 42.3. The number of aryl methyl sites for hydroxylation is 2. The number of hydrogen-bond acceptors (Lipinski definition) is 2. The van der Waals surface area contributed by atoms with Crippen LogP contribution in [0, 0.1) is 13.8 Å². The van der Waals surface area contributed by atoms with Crippen LogP contribution in [0.25, 0.3) is 0 Å². The molecular weight excluding hydrogens is 221 g/mol. The number of benzene rings is 1. The molecule has 0 heterocycles. The molecule has 5 heteroatoms. The highest BCUT2D eigenvalue weighted by molar-refractivity contribution is 5.91. The van der Waals surface area contributed by atoms with Gasteiger partial charge in [-0.15, -0.1) is 0 Å². The molecule has 1 rings (SSSR count). The minimum atomic E-state index is -4.55. The highest BCUT2D eigenvalue weighted by atomic mass is 19.4. The lowest BCUT2D eigenvalue weighted by Gasteiger charge is -2.13. The van der Waals surface area contributed by atoms with Crippen molar-refractivity contribution in [3.05, 3.63) is 34.4 Å². The van der Waals surface area contributed by atoms with Crippen LogP contribution in [-0.4, -0.2) is 13.1 Å². The van der Waals surface area contributed by atoms with Crippen LogP contribution in [0.1, 0.15) is 27.0 Å². The molecule has 0 aliphatic heterocycles. The molecule has 0 aliphatic carbocycles. The maximum absolute atomic E-state index is 12.6. The number of esters is 1. The van der Waals surface area contributed by atoms with E-state index >= 15 is 0 Å². The summed E-state index contributed by atoms with van der Waals surface area (Å²) in [5, 5.41) is 0. The van der Waals surface area contributed by atoms with E-state index in [-0.39, 0.29) is 0 Å². The Morgan fingerprint density at radius 3 is 2.12 bits per heavy atom. The summed E-state index contributed by atoms with van der Waals surface area (Å²) in [4.78, 5) is 11.2. The molecule has 0 aromatic heterocycles. The van der Waals surface area contributed by atoms with Gasteiger partial charge in [-0.25, -0.2) is 4.79 Å². The lowest BCUT2D eigenvalue weighted by molar-refractivity contribution is -0.138. The summed E-state index contributed by atoms with van der Waals surface area (Å²) in [6, 6.07) is 2.16. The zero-order valence-corrected chi connectivity index (χ0v) is 9.11. The number of carbonyl (C=O) groups is 1. The number of rotatable bonds is 1. The van der Waals surface area contributed by atoms with Gasteiger partial charge in [0.05, 0.1) is 18.2 Å². The van der Waals surface area contributed by atoms with Crippen molar-refractivity contribution in [2.24, 2.45) is 0 Å². The first-order valence-electron chi connectivity index (χ1n) is 4.54. The summed E-state index contributed by atoms with van der Waals surface area (Å²) >= 11 is 0. The van der Waals surface area contributed by atoms with Crippen LogP contribution < -0.4 is 0 Å². The summed E-state index contributed by atoms with van der Waals surface area (Å²) in [5.74, 6) is -0.976. The van der Waals surface area contributed by atoms with E-state index in [9.17, 15) is 18.0 Å². The van der Waals surface area contributed by atoms with E-state index in [2.05, 4.69) is 4.74 Å². The normalized spacial score (nSPS) is 11.4.